The number of nitrogens with one attached hydrogen (secondary N) is 2. The number of hydrogen-bond donors (Lipinski definition) is 2. The highest BCUT2D eigenvalue weighted by molar-refractivity contribution is 6.32. The molecule has 0 radical (unpaired) electrons. The molecule has 7 nitrogen and oxygen atoms in total. The first-order valence-corrected chi connectivity index (χ1v) is 12.3. The largest absolute Gasteiger partial charge is 0.417 e. The molecule has 4 rings (SSSR count). The molecule has 1 saturated carbocycles. The molecular weight excluding hydrogens is 495 g/mol. The minimum Gasteiger partial charge on any atom is -0.353 e. The van der Waals surface area contributed by atoms with Crippen LogP contribution in [-0.2, 0) is 17.4 Å². The SMILES string of the molecule is O=C(Cc1cnc(C2=CCN(C(=O)Nc3ccc(C(F)(F)F)cn3)CC2)c(Cl)c1)NC1CCCCC1. The Morgan fingerprint density at radius 1 is 1.11 bits per heavy atom. The Kier molecular flexibility index (Phi) is 8.13. The van der Waals surface area contributed by atoms with Crippen LogP contribution in [0.3, 0.4) is 0 Å². The van der Waals surface area contributed by atoms with E-state index in [0.717, 1.165) is 49.0 Å². The Morgan fingerprint density at radius 3 is 2.50 bits per heavy atom. The third-order valence-corrected chi connectivity index (χ3v) is 6.65. The molecule has 1 aliphatic heterocycles. The van der Waals surface area contributed by atoms with Crippen LogP contribution in [0.25, 0.3) is 5.57 Å². The molecule has 36 heavy (non-hydrogen) atoms. The zero-order valence-electron chi connectivity index (χ0n) is 19.6. The summed E-state index contributed by atoms with van der Waals surface area (Å²) in [5.41, 5.74) is 1.34. The number of anilines is 1. The van der Waals surface area contributed by atoms with E-state index in [4.69, 9.17) is 11.6 Å². The van der Waals surface area contributed by atoms with Crippen molar-refractivity contribution in [3.8, 4) is 0 Å². The van der Waals surface area contributed by atoms with E-state index in [1.807, 2.05) is 6.08 Å². The fraction of sp³-hybridized carbons (Fsp3) is 0.440. The molecule has 11 heteroatoms. The van der Waals surface area contributed by atoms with Gasteiger partial charge in [-0.1, -0.05) is 36.9 Å². The van der Waals surface area contributed by atoms with E-state index >= 15 is 0 Å². The average Bonchev–Trinajstić information content (AvgIpc) is 2.84. The topological polar surface area (TPSA) is 87.2 Å². The molecule has 0 atom stereocenters. The lowest BCUT2D eigenvalue weighted by Gasteiger charge is -2.26. The fourth-order valence-electron chi connectivity index (χ4n) is 4.41. The predicted molar refractivity (Wildman–Crippen MR) is 130 cm³/mol. The highest BCUT2D eigenvalue weighted by atomic mass is 35.5. The molecule has 2 aromatic heterocycles. The Bertz CT molecular complexity index is 1130. The van der Waals surface area contributed by atoms with Gasteiger partial charge in [0, 0.05) is 31.5 Å². The molecular formula is C25H27ClF3N5O2. The highest BCUT2D eigenvalue weighted by Crippen LogP contribution is 2.30. The molecule has 2 aliphatic rings. The third-order valence-electron chi connectivity index (χ3n) is 6.36. The quantitative estimate of drug-likeness (QED) is 0.547. The van der Waals surface area contributed by atoms with Crippen LogP contribution in [0.2, 0.25) is 5.02 Å². The van der Waals surface area contributed by atoms with Crippen LogP contribution in [0.5, 0.6) is 0 Å². The number of hydrogen-bond acceptors (Lipinski definition) is 4. The molecule has 3 heterocycles. The van der Waals surface area contributed by atoms with E-state index in [2.05, 4.69) is 20.6 Å². The maximum atomic E-state index is 12.7. The second-order valence-corrected chi connectivity index (χ2v) is 9.45. The summed E-state index contributed by atoms with van der Waals surface area (Å²) in [5, 5.41) is 6.04. The fourth-order valence-corrected chi connectivity index (χ4v) is 4.72. The second kappa shape index (κ2) is 11.3. The van der Waals surface area contributed by atoms with Crippen LogP contribution in [0.1, 0.15) is 55.3 Å². The molecule has 0 saturated heterocycles. The van der Waals surface area contributed by atoms with Crippen LogP contribution in [0.4, 0.5) is 23.8 Å². The van der Waals surface area contributed by atoms with Gasteiger partial charge in [-0.3, -0.25) is 15.1 Å². The Hall–Kier alpha value is -3.14. The first kappa shape index (κ1) is 25.9. The zero-order chi connectivity index (χ0) is 25.7. The van der Waals surface area contributed by atoms with Gasteiger partial charge in [0.05, 0.1) is 22.7 Å². The third kappa shape index (κ3) is 6.75. The van der Waals surface area contributed by atoms with E-state index in [1.54, 1.807) is 12.3 Å². The summed E-state index contributed by atoms with van der Waals surface area (Å²) >= 11 is 6.47. The van der Waals surface area contributed by atoms with Crippen molar-refractivity contribution >= 4 is 34.9 Å². The zero-order valence-corrected chi connectivity index (χ0v) is 20.3. The van der Waals surface area contributed by atoms with Gasteiger partial charge in [0.1, 0.15) is 5.82 Å². The van der Waals surface area contributed by atoms with Gasteiger partial charge in [-0.15, -0.1) is 0 Å². The second-order valence-electron chi connectivity index (χ2n) is 9.04. The molecule has 1 aliphatic carbocycles. The first-order chi connectivity index (χ1) is 17.2. The minimum atomic E-state index is -4.49. The number of carbonyl (C=O) groups is 2. The first-order valence-electron chi connectivity index (χ1n) is 11.9. The Morgan fingerprint density at radius 2 is 1.89 bits per heavy atom. The maximum Gasteiger partial charge on any atom is 0.417 e. The van der Waals surface area contributed by atoms with Crippen molar-refractivity contribution in [2.24, 2.45) is 0 Å². The number of alkyl halides is 3. The molecule has 192 valence electrons. The van der Waals surface area contributed by atoms with Gasteiger partial charge < -0.3 is 10.2 Å². The van der Waals surface area contributed by atoms with E-state index in [-0.39, 0.29) is 30.7 Å². The lowest BCUT2D eigenvalue weighted by molar-refractivity contribution is -0.137. The molecule has 3 amide bonds. The van der Waals surface area contributed by atoms with Gasteiger partial charge in [0.15, 0.2) is 0 Å². The number of amides is 3. The number of pyridine rings is 2. The summed E-state index contributed by atoms with van der Waals surface area (Å²) in [4.78, 5) is 34.5. The van der Waals surface area contributed by atoms with E-state index < -0.39 is 17.8 Å². The van der Waals surface area contributed by atoms with Crippen molar-refractivity contribution < 1.29 is 22.8 Å². The summed E-state index contributed by atoms with van der Waals surface area (Å²) < 4.78 is 38.0. The van der Waals surface area contributed by atoms with Crippen LogP contribution in [-0.4, -0.2) is 45.9 Å². The summed E-state index contributed by atoms with van der Waals surface area (Å²) in [6.07, 6.45) is 5.96. The van der Waals surface area contributed by atoms with Gasteiger partial charge in [0.2, 0.25) is 5.91 Å². The number of urea groups is 1. The van der Waals surface area contributed by atoms with Crippen LogP contribution < -0.4 is 10.6 Å². The van der Waals surface area contributed by atoms with E-state index in [0.29, 0.717) is 29.9 Å². The smallest absolute Gasteiger partial charge is 0.353 e. The van der Waals surface area contributed by atoms with Gasteiger partial charge in [-0.05, 0) is 48.6 Å². The summed E-state index contributed by atoms with van der Waals surface area (Å²) in [5.74, 6) is 0.00388. The Labute approximate surface area is 212 Å². The molecule has 0 aromatic carbocycles. The Balaban J connectivity index is 1.31. The normalized spacial score (nSPS) is 16.9. The molecule has 2 aromatic rings. The van der Waals surface area contributed by atoms with Gasteiger partial charge >= 0.3 is 12.2 Å². The van der Waals surface area contributed by atoms with Crippen LogP contribution in [0, 0.1) is 0 Å². The van der Waals surface area contributed by atoms with Gasteiger partial charge in [0.25, 0.3) is 0 Å². The van der Waals surface area contributed by atoms with Crippen molar-refractivity contribution in [3.05, 3.63) is 58.5 Å². The monoisotopic (exact) mass is 521 g/mol. The number of rotatable bonds is 5. The standard InChI is InChI=1S/C25H27ClF3N5O2/c26-20-12-16(13-22(35)32-19-4-2-1-3-5-19)14-31-23(20)17-8-10-34(11-9-17)24(36)33-21-7-6-18(15-30-21)25(27,28)29/h6-8,12,14-15,19H,1-5,9-11,13H2,(H,32,35)(H,30,33,36). The number of aromatic nitrogens is 2. The molecule has 0 bridgehead atoms. The minimum absolute atomic E-state index is 0.0337. The van der Waals surface area contributed by atoms with Gasteiger partial charge in [-0.2, -0.15) is 13.2 Å². The van der Waals surface area contributed by atoms with Crippen LogP contribution in [0.15, 0.2) is 36.7 Å². The molecule has 2 N–H and O–H groups in total. The lowest BCUT2D eigenvalue weighted by atomic mass is 9.95. The lowest BCUT2D eigenvalue weighted by Crippen LogP contribution is -2.38. The summed E-state index contributed by atoms with van der Waals surface area (Å²) in [7, 11) is 0. The van der Waals surface area contributed by atoms with Crippen molar-refractivity contribution in [2.45, 2.75) is 57.2 Å². The van der Waals surface area contributed by atoms with Crippen molar-refractivity contribution in [1.82, 2.24) is 20.2 Å². The number of carbonyl (C=O) groups excluding carboxylic acids is 2. The average molecular weight is 522 g/mol. The number of halogens is 4. The van der Waals surface area contributed by atoms with Gasteiger partial charge in [-0.25, -0.2) is 9.78 Å². The number of nitrogens with zero attached hydrogens (tertiary/aromatic N) is 3. The molecule has 1 fully saturated rings. The summed E-state index contributed by atoms with van der Waals surface area (Å²) in [6.45, 7) is 0.660. The maximum absolute atomic E-state index is 12.7. The summed E-state index contributed by atoms with van der Waals surface area (Å²) in [6, 6.07) is 3.52. The van der Waals surface area contributed by atoms with E-state index in [1.165, 1.54) is 11.3 Å². The van der Waals surface area contributed by atoms with Crippen molar-refractivity contribution in [3.63, 3.8) is 0 Å². The molecule has 0 unspecified atom stereocenters. The van der Waals surface area contributed by atoms with Crippen LogP contribution >= 0.6 is 11.6 Å². The predicted octanol–water partition coefficient (Wildman–Crippen LogP) is 5.46. The highest BCUT2D eigenvalue weighted by Gasteiger charge is 2.31. The van der Waals surface area contributed by atoms with Crippen molar-refractivity contribution in [2.75, 3.05) is 18.4 Å². The van der Waals surface area contributed by atoms with E-state index in [9.17, 15) is 22.8 Å². The van der Waals surface area contributed by atoms with Crippen molar-refractivity contribution in [1.29, 1.82) is 0 Å². The molecule has 0 spiro atoms.